The normalized spacial score (nSPS) is 13.0. The van der Waals surface area contributed by atoms with Crippen molar-refractivity contribution in [3.63, 3.8) is 0 Å². The lowest BCUT2D eigenvalue weighted by molar-refractivity contribution is 0.305. The predicted octanol–water partition coefficient (Wildman–Crippen LogP) is 6.63. The zero-order chi connectivity index (χ0) is 27.7. The van der Waals surface area contributed by atoms with Gasteiger partial charge < -0.3 is 9.84 Å². The summed E-state index contributed by atoms with van der Waals surface area (Å²) in [5, 5.41) is 15.5. The predicted molar refractivity (Wildman–Crippen MR) is 156 cm³/mol. The first-order valence-corrected chi connectivity index (χ1v) is 14.2. The number of fused-ring (bicyclic) bond motifs is 1. The van der Waals surface area contributed by atoms with E-state index in [4.69, 9.17) is 4.74 Å². The fourth-order valence-corrected chi connectivity index (χ4v) is 5.32. The number of hydrogen-bond donors (Lipinski definition) is 1. The number of hydrogen-bond acceptors (Lipinski definition) is 6. The zero-order valence-electron chi connectivity index (χ0n) is 23.6. The zero-order valence-corrected chi connectivity index (χ0v) is 24.4. The molecule has 0 saturated heterocycles. The van der Waals surface area contributed by atoms with E-state index in [0.717, 1.165) is 34.4 Å². The number of unbranched alkanes of at least 4 members (excludes halogenated alkanes) is 3. The molecule has 38 heavy (non-hydrogen) atoms. The van der Waals surface area contributed by atoms with Crippen molar-refractivity contribution < 1.29 is 9.84 Å². The van der Waals surface area contributed by atoms with Gasteiger partial charge in [0, 0.05) is 16.7 Å². The monoisotopic (exact) mass is 533 g/mol. The number of rotatable bonds is 8. The summed E-state index contributed by atoms with van der Waals surface area (Å²) in [5.74, 6) is 1.67. The number of nitrogens with zero attached hydrogens (tertiary/aromatic N) is 3. The Kier molecular flexibility index (Phi) is 7.98. The van der Waals surface area contributed by atoms with Crippen LogP contribution in [-0.4, -0.2) is 26.3 Å². The average molecular weight is 534 g/mol. The van der Waals surface area contributed by atoms with Crippen LogP contribution in [0.4, 0.5) is 0 Å². The molecule has 2 heterocycles. The van der Waals surface area contributed by atoms with Gasteiger partial charge in [-0.05, 0) is 65.3 Å². The summed E-state index contributed by atoms with van der Waals surface area (Å²) in [7, 11) is 0. The Balaban J connectivity index is 1.63. The van der Waals surface area contributed by atoms with Crippen LogP contribution in [0.25, 0.3) is 22.4 Å². The highest BCUT2D eigenvalue weighted by molar-refractivity contribution is 7.15. The molecule has 1 N–H and O–H groups in total. The van der Waals surface area contributed by atoms with E-state index in [0.29, 0.717) is 27.7 Å². The highest BCUT2D eigenvalue weighted by atomic mass is 32.1. The average Bonchev–Trinajstić information content (AvgIpc) is 3.38. The number of benzene rings is 2. The first-order chi connectivity index (χ1) is 17.9. The third-order valence-corrected chi connectivity index (χ3v) is 7.57. The summed E-state index contributed by atoms with van der Waals surface area (Å²) in [5.41, 5.74) is 2.75. The SMILES string of the molecule is CCCCCCOc1ccc(-c2nc3sc(=Cc4cc(C(C)(C)C)c(O)c(C(C)(C)C)c4)c(=O)n3n2)cc1. The highest BCUT2D eigenvalue weighted by Crippen LogP contribution is 2.40. The molecule has 0 aliphatic rings. The quantitative estimate of drug-likeness (QED) is 0.257. The molecule has 0 saturated carbocycles. The summed E-state index contributed by atoms with van der Waals surface area (Å²) < 4.78 is 7.76. The van der Waals surface area contributed by atoms with Gasteiger partial charge in [-0.2, -0.15) is 9.50 Å². The second-order valence-corrected chi connectivity index (χ2v) is 13.0. The lowest BCUT2D eigenvalue weighted by Gasteiger charge is -2.27. The van der Waals surface area contributed by atoms with Crippen molar-refractivity contribution in [2.45, 2.75) is 85.0 Å². The van der Waals surface area contributed by atoms with Gasteiger partial charge in [-0.25, -0.2) is 0 Å². The minimum atomic E-state index is -0.246. The maximum atomic E-state index is 13.2. The molecule has 2 aromatic carbocycles. The summed E-state index contributed by atoms with van der Waals surface area (Å²) in [6.07, 6.45) is 6.56. The molecule has 0 fully saturated rings. The number of phenolic OH excluding ortho intramolecular Hbond substituents is 1. The van der Waals surface area contributed by atoms with E-state index in [-0.39, 0.29) is 16.4 Å². The molecule has 0 aliphatic carbocycles. The standard InChI is InChI=1S/C31H39N3O3S/c1-8-9-10-11-16-37-22-14-12-21(13-15-22)27-32-29-34(33-27)28(36)25(38-29)19-20-17-23(30(2,3)4)26(35)24(18-20)31(5,6)7/h12-15,17-19,35H,8-11,16H2,1-7H3. The van der Waals surface area contributed by atoms with Gasteiger partial charge in [0.1, 0.15) is 11.5 Å². The first-order valence-electron chi connectivity index (χ1n) is 13.4. The Bertz CT molecular complexity index is 1490. The molecule has 0 spiro atoms. The fourth-order valence-electron chi connectivity index (χ4n) is 4.41. The molecule has 2 aromatic heterocycles. The van der Waals surface area contributed by atoms with E-state index < -0.39 is 0 Å². The van der Waals surface area contributed by atoms with Crippen LogP contribution in [0, 0.1) is 0 Å². The van der Waals surface area contributed by atoms with Gasteiger partial charge in [-0.3, -0.25) is 4.79 Å². The lowest BCUT2D eigenvalue weighted by atomic mass is 9.78. The molecule has 7 heteroatoms. The van der Waals surface area contributed by atoms with Crippen molar-refractivity contribution in [2.75, 3.05) is 6.61 Å². The molecule has 202 valence electrons. The van der Waals surface area contributed by atoms with E-state index in [1.165, 1.54) is 35.1 Å². The van der Waals surface area contributed by atoms with Gasteiger partial charge in [0.25, 0.3) is 5.56 Å². The Labute approximate surface area is 229 Å². The maximum absolute atomic E-state index is 13.2. The van der Waals surface area contributed by atoms with Crippen molar-refractivity contribution in [1.82, 2.24) is 14.6 Å². The molecule has 0 unspecified atom stereocenters. The summed E-state index contributed by atoms with van der Waals surface area (Å²) in [6.45, 7) is 15.4. The Morgan fingerprint density at radius 2 is 1.61 bits per heavy atom. The smallest absolute Gasteiger partial charge is 0.291 e. The Morgan fingerprint density at radius 1 is 0.974 bits per heavy atom. The first kappa shape index (κ1) is 27.8. The third kappa shape index (κ3) is 6.09. The van der Waals surface area contributed by atoms with E-state index in [9.17, 15) is 9.90 Å². The van der Waals surface area contributed by atoms with E-state index in [2.05, 4.69) is 58.5 Å². The van der Waals surface area contributed by atoms with Crippen LogP contribution >= 0.6 is 11.3 Å². The molecule has 4 rings (SSSR count). The van der Waals surface area contributed by atoms with Crippen molar-refractivity contribution >= 4 is 22.4 Å². The van der Waals surface area contributed by atoms with Crippen LogP contribution in [0.3, 0.4) is 0 Å². The lowest BCUT2D eigenvalue weighted by Crippen LogP contribution is -2.24. The van der Waals surface area contributed by atoms with Crippen molar-refractivity contribution in [3.05, 3.63) is 68.0 Å². The van der Waals surface area contributed by atoms with E-state index >= 15 is 0 Å². The van der Waals surface area contributed by atoms with Crippen molar-refractivity contribution in [2.24, 2.45) is 0 Å². The Morgan fingerprint density at radius 3 is 2.16 bits per heavy atom. The van der Waals surface area contributed by atoms with Gasteiger partial charge in [0.15, 0.2) is 5.82 Å². The molecule has 0 atom stereocenters. The number of ether oxygens (including phenoxy) is 1. The van der Waals surface area contributed by atoms with Gasteiger partial charge in [-0.15, -0.1) is 5.10 Å². The minimum Gasteiger partial charge on any atom is -0.507 e. The second kappa shape index (κ2) is 10.9. The Hall–Kier alpha value is -3.19. The van der Waals surface area contributed by atoms with Crippen LogP contribution in [0.15, 0.2) is 41.2 Å². The van der Waals surface area contributed by atoms with Gasteiger partial charge in [0.05, 0.1) is 11.1 Å². The van der Waals surface area contributed by atoms with Crippen LogP contribution in [0.1, 0.15) is 90.8 Å². The second-order valence-electron chi connectivity index (χ2n) is 11.9. The molecule has 0 amide bonds. The molecule has 0 aliphatic heterocycles. The third-order valence-electron chi connectivity index (χ3n) is 6.61. The molecule has 0 bridgehead atoms. The van der Waals surface area contributed by atoms with Crippen molar-refractivity contribution in [3.8, 4) is 22.9 Å². The van der Waals surface area contributed by atoms with Gasteiger partial charge in [-0.1, -0.05) is 79.1 Å². The number of aromatic hydroxyl groups is 1. The van der Waals surface area contributed by atoms with Crippen LogP contribution in [-0.2, 0) is 10.8 Å². The van der Waals surface area contributed by atoms with Gasteiger partial charge >= 0.3 is 0 Å². The van der Waals surface area contributed by atoms with E-state index in [1.54, 1.807) is 0 Å². The maximum Gasteiger partial charge on any atom is 0.291 e. The van der Waals surface area contributed by atoms with Crippen molar-refractivity contribution in [1.29, 1.82) is 0 Å². The highest BCUT2D eigenvalue weighted by Gasteiger charge is 2.26. The largest absolute Gasteiger partial charge is 0.507 e. The summed E-state index contributed by atoms with van der Waals surface area (Å²) in [4.78, 5) is 18.4. The van der Waals surface area contributed by atoms with E-state index in [1.807, 2.05) is 42.5 Å². The van der Waals surface area contributed by atoms with Gasteiger partial charge in [0.2, 0.25) is 4.96 Å². The summed E-state index contributed by atoms with van der Waals surface area (Å²) in [6, 6.07) is 11.6. The number of phenols is 1. The van der Waals surface area contributed by atoms with Crippen LogP contribution in [0.5, 0.6) is 11.5 Å². The molecule has 4 aromatic rings. The molecule has 6 nitrogen and oxygen atoms in total. The summed E-state index contributed by atoms with van der Waals surface area (Å²) >= 11 is 1.32. The molecular weight excluding hydrogens is 494 g/mol. The fraction of sp³-hybridized carbons (Fsp3) is 0.452. The molecule has 0 radical (unpaired) electrons. The molecular formula is C31H39N3O3S. The topological polar surface area (TPSA) is 76.7 Å². The number of thiazole rings is 1. The number of aromatic nitrogens is 3. The van der Waals surface area contributed by atoms with Crippen LogP contribution < -0.4 is 14.8 Å². The van der Waals surface area contributed by atoms with Crippen LogP contribution in [0.2, 0.25) is 0 Å². The minimum absolute atomic E-state index is 0.196.